The summed E-state index contributed by atoms with van der Waals surface area (Å²) in [6.45, 7) is 1.85. The maximum Gasteiger partial charge on any atom is 0.150 e. The smallest absolute Gasteiger partial charge is 0.150 e. The van der Waals surface area contributed by atoms with E-state index >= 15 is 0 Å². The van der Waals surface area contributed by atoms with Crippen LogP contribution in [0.4, 0.5) is 4.39 Å². The Morgan fingerprint density at radius 2 is 1.76 bits per heavy atom. The second-order valence-electron chi connectivity index (χ2n) is 7.00. The van der Waals surface area contributed by atoms with Crippen molar-refractivity contribution < 1.29 is 13.9 Å². The van der Waals surface area contributed by atoms with Gasteiger partial charge < -0.3 is 14.4 Å². The van der Waals surface area contributed by atoms with E-state index in [0.29, 0.717) is 11.3 Å². The quantitative estimate of drug-likeness (QED) is 0.779. The third-order valence-electron chi connectivity index (χ3n) is 5.39. The summed E-state index contributed by atoms with van der Waals surface area (Å²) < 4.78 is 19.5. The summed E-state index contributed by atoms with van der Waals surface area (Å²) in [5.41, 5.74) is 0.182. The van der Waals surface area contributed by atoms with Crippen molar-refractivity contribution in [2.24, 2.45) is 5.92 Å². The molecule has 1 N–H and O–H groups in total. The lowest BCUT2D eigenvalue weighted by atomic mass is 9.74. The number of para-hydroxylation sites is 1. The largest absolute Gasteiger partial charge is 0.458 e. The standard InChI is InChI=1S/C21H22FNO2/c1-23-12-10-17(11-13-23)21(24,16-6-8-18(22)9-7-16)20-14-15-4-2-3-5-19(15)25-20/h2-9,14,17,24H,10-13H2,1H3. The van der Waals surface area contributed by atoms with Gasteiger partial charge >= 0.3 is 0 Å². The van der Waals surface area contributed by atoms with E-state index in [9.17, 15) is 9.50 Å². The van der Waals surface area contributed by atoms with Gasteiger partial charge in [-0.15, -0.1) is 0 Å². The van der Waals surface area contributed by atoms with Crippen LogP contribution in [0, 0.1) is 11.7 Å². The Kier molecular flexibility index (Phi) is 4.10. The van der Waals surface area contributed by atoms with Crippen molar-refractivity contribution in [1.82, 2.24) is 4.90 Å². The molecular weight excluding hydrogens is 317 g/mol. The highest BCUT2D eigenvalue weighted by Gasteiger charge is 2.44. The van der Waals surface area contributed by atoms with Crippen LogP contribution in [-0.2, 0) is 5.60 Å². The average Bonchev–Trinajstić information content (AvgIpc) is 3.07. The molecule has 0 bridgehead atoms. The van der Waals surface area contributed by atoms with Crippen molar-refractivity contribution in [1.29, 1.82) is 0 Å². The topological polar surface area (TPSA) is 36.6 Å². The van der Waals surface area contributed by atoms with Crippen molar-refractivity contribution in [2.75, 3.05) is 20.1 Å². The molecule has 3 aromatic rings. The van der Waals surface area contributed by atoms with Gasteiger partial charge in [0.2, 0.25) is 0 Å². The van der Waals surface area contributed by atoms with Crippen molar-refractivity contribution in [3.63, 3.8) is 0 Å². The van der Waals surface area contributed by atoms with Crippen LogP contribution in [0.25, 0.3) is 11.0 Å². The van der Waals surface area contributed by atoms with E-state index in [1.807, 2.05) is 30.3 Å². The molecule has 2 heterocycles. The predicted molar refractivity (Wildman–Crippen MR) is 95.8 cm³/mol. The molecule has 3 nitrogen and oxygen atoms in total. The molecule has 1 aliphatic heterocycles. The van der Waals surface area contributed by atoms with Crippen LogP contribution >= 0.6 is 0 Å². The van der Waals surface area contributed by atoms with Crippen molar-refractivity contribution in [3.05, 3.63) is 71.7 Å². The predicted octanol–water partition coefficient (Wildman–Crippen LogP) is 4.15. The Morgan fingerprint density at radius 3 is 2.44 bits per heavy atom. The molecule has 0 radical (unpaired) electrons. The lowest BCUT2D eigenvalue weighted by Crippen LogP contribution is -2.43. The molecule has 0 aliphatic carbocycles. The fourth-order valence-corrected chi connectivity index (χ4v) is 3.88. The summed E-state index contributed by atoms with van der Waals surface area (Å²) in [7, 11) is 2.09. The minimum absolute atomic E-state index is 0.0229. The van der Waals surface area contributed by atoms with Gasteiger partial charge in [0.25, 0.3) is 0 Å². The molecule has 0 spiro atoms. The zero-order valence-electron chi connectivity index (χ0n) is 14.3. The van der Waals surface area contributed by atoms with E-state index in [4.69, 9.17) is 4.42 Å². The lowest BCUT2D eigenvalue weighted by molar-refractivity contribution is -0.0263. The number of aliphatic hydroxyl groups is 1. The molecule has 1 aromatic heterocycles. The SMILES string of the molecule is CN1CCC(C(O)(c2ccc(F)cc2)c2cc3ccccc3o2)CC1. The van der Waals surface area contributed by atoms with Crippen LogP contribution in [0.2, 0.25) is 0 Å². The summed E-state index contributed by atoms with van der Waals surface area (Å²) >= 11 is 0. The van der Waals surface area contributed by atoms with Gasteiger partial charge in [0.15, 0.2) is 0 Å². The molecule has 1 atom stereocenters. The van der Waals surface area contributed by atoms with Gasteiger partial charge in [-0.3, -0.25) is 0 Å². The highest BCUT2D eigenvalue weighted by molar-refractivity contribution is 5.78. The van der Waals surface area contributed by atoms with E-state index < -0.39 is 5.60 Å². The Balaban J connectivity index is 1.83. The Morgan fingerprint density at radius 1 is 1.08 bits per heavy atom. The number of hydrogen-bond acceptors (Lipinski definition) is 3. The number of hydrogen-bond donors (Lipinski definition) is 1. The molecule has 1 unspecified atom stereocenters. The molecule has 1 fully saturated rings. The minimum atomic E-state index is -1.26. The van der Waals surface area contributed by atoms with E-state index in [-0.39, 0.29) is 11.7 Å². The third kappa shape index (κ3) is 2.86. The first-order chi connectivity index (χ1) is 12.1. The van der Waals surface area contributed by atoms with Crippen LogP contribution in [0.5, 0.6) is 0 Å². The third-order valence-corrected chi connectivity index (χ3v) is 5.39. The molecule has 1 saturated heterocycles. The second-order valence-corrected chi connectivity index (χ2v) is 7.00. The fourth-order valence-electron chi connectivity index (χ4n) is 3.88. The number of benzene rings is 2. The number of fused-ring (bicyclic) bond motifs is 1. The average molecular weight is 339 g/mol. The van der Waals surface area contributed by atoms with Crippen LogP contribution in [-0.4, -0.2) is 30.1 Å². The summed E-state index contributed by atoms with van der Waals surface area (Å²) in [5, 5.41) is 12.8. The molecule has 0 amide bonds. The van der Waals surface area contributed by atoms with Gasteiger partial charge in [0.05, 0.1) is 0 Å². The van der Waals surface area contributed by atoms with Gasteiger partial charge in [-0.05, 0) is 62.8 Å². The van der Waals surface area contributed by atoms with E-state index in [1.54, 1.807) is 12.1 Å². The molecule has 2 aromatic carbocycles. The van der Waals surface area contributed by atoms with E-state index in [1.165, 1.54) is 12.1 Å². The molecule has 4 rings (SSSR count). The Labute approximate surface area is 146 Å². The summed E-state index contributed by atoms with van der Waals surface area (Å²) in [5.74, 6) is 0.253. The fraction of sp³-hybridized carbons (Fsp3) is 0.333. The first kappa shape index (κ1) is 16.3. The number of nitrogens with zero attached hydrogens (tertiary/aromatic N) is 1. The first-order valence-corrected chi connectivity index (χ1v) is 8.73. The molecular formula is C21H22FNO2. The summed E-state index contributed by atoms with van der Waals surface area (Å²) in [4.78, 5) is 2.26. The highest BCUT2D eigenvalue weighted by Crippen LogP contribution is 2.43. The van der Waals surface area contributed by atoms with Crippen molar-refractivity contribution in [3.8, 4) is 0 Å². The molecule has 0 saturated carbocycles. The molecule has 25 heavy (non-hydrogen) atoms. The number of rotatable bonds is 3. The zero-order valence-corrected chi connectivity index (χ0v) is 14.3. The van der Waals surface area contributed by atoms with Gasteiger partial charge in [0, 0.05) is 11.3 Å². The lowest BCUT2D eigenvalue weighted by Gasteiger charge is -2.39. The normalized spacial score (nSPS) is 19.2. The minimum Gasteiger partial charge on any atom is -0.458 e. The van der Waals surface area contributed by atoms with Gasteiger partial charge in [0.1, 0.15) is 22.8 Å². The first-order valence-electron chi connectivity index (χ1n) is 8.73. The molecule has 1 aliphatic rings. The molecule has 130 valence electrons. The molecule has 4 heteroatoms. The van der Waals surface area contributed by atoms with Crippen LogP contribution in [0.3, 0.4) is 0 Å². The van der Waals surface area contributed by atoms with Crippen molar-refractivity contribution in [2.45, 2.75) is 18.4 Å². The number of halogens is 1. The van der Waals surface area contributed by atoms with Gasteiger partial charge in [-0.2, -0.15) is 0 Å². The van der Waals surface area contributed by atoms with Crippen molar-refractivity contribution >= 4 is 11.0 Å². The zero-order chi connectivity index (χ0) is 17.4. The number of furan rings is 1. The van der Waals surface area contributed by atoms with Crippen LogP contribution in [0.15, 0.2) is 59.0 Å². The maximum absolute atomic E-state index is 13.4. The Bertz CT molecular complexity index is 832. The van der Waals surface area contributed by atoms with Crippen LogP contribution < -0.4 is 0 Å². The Hall–Kier alpha value is -2.17. The maximum atomic E-state index is 13.4. The number of piperidine rings is 1. The van der Waals surface area contributed by atoms with Gasteiger partial charge in [-0.25, -0.2) is 4.39 Å². The van der Waals surface area contributed by atoms with E-state index in [0.717, 1.165) is 36.9 Å². The van der Waals surface area contributed by atoms with E-state index in [2.05, 4.69) is 11.9 Å². The highest BCUT2D eigenvalue weighted by atomic mass is 19.1. The van der Waals surface area contributed by atoms with Gasteiger partial charge in [-0.1, -0.05) is 30.3 Å². The second kappa shape index (κ2) is 6.28. The summed E-state index contributed by atoms with van der Waals surface area (Å²) in [6, 6.07) is 15.8. The number of likely N-dealkylation sites (tertiary alicyclic amines) is 1. The van der Waals surface area contributed by atoms with Crippen LogP contribution in [0.1, 0.15) is 24.2 Å². The monoisotopic (exact) mass is 339 g/mol. The summed E-state index contributed by atoms with van der Waals surface area (Å²) in [6.07, 6.45) is 1.73.